The molecule has 138 valence electrons. The zero-order valence-corrected chi connectivity index (χ0v) is 16.8. The van der Waals surface area contributed by atoms with E-state index >= 15 is 0 Å². The lowest BCUT2D eigenvalue weighted by Gasteiger charge is -2.06. The second kappa shape index (κ2) is 7.62. The first-order valence-electron chi connectivity index (χ1n) is 8.41. The van der Waals surface area contributed by atoms with Crippen LogP contribution >= 0.6 is 27.5 Å². The van der Waals surface area contributed by atoms with Gasteiger partial charge in [-0.05, 0) is 60.7 Å². The van der Waals surface area contributed by atoms with Crippen LogP contribution in [0.1, 0.15) is 26.5 Å². The number of fused-ring (bicyclic) bond motifs is 1. The summed E-state index contributed by atoms with van der Waals surface area (Å²) in [5, 5.41) is 4.03. The highest BCUT2D eigenvalue weighted by molar-refractivity contribution is 9.10. The second-order valence-corrected chi connectivity index (χ2v) is 7.45. The molecule has 6 heteroatoms. The summed E-state index contributed by atoms with van der Waals surface area (Å²) in [5.41, 5.74) is 1.76. The van der Waals surface area contributed by atoms with E-state index < -0.39 is 0 Å². The van der Waals surface area contributed by atoms with Crippen molar-refractivity contribution in [3.8, 4) is 0 Å². The van der Waals surface area contributed by atoms with Crippen molar-refractivity contribution in [2.24, 2.45) is 0 Å². The van der Waals surface area contributed by atoms with E-state index in [0.717, 1.165) is 4.47 Å². The standard InChI is InChI=1S/C22H13BrClNO3/c23-15-9-5-14(6-10-15)22(27)25-19-17-3-1-2-4-18(17)28-21(19)20(26)13-7-11-16(24)12-8-13/h1-12H,(H,25,27). The molecule has 0 aliphatic rings. The highest BCUT2D eigenvalue weighted by Crippen LogP contribution is 2.33. The zero-order chi connectivity index (χ0) is 19.7. The molecule has 0 spiro atoms. The maximum absolute atomic E-state index is 13.0. The number of carbonyl (C=O) groups excluding carboxylic acids is 2. The van der Waals surface area contributed by atoms with Gasteiger partial charge in [0.15, 0.2) is 5.76 Å². The number of nitrogens with one attached hydrogen (secondary N) is 1. The first-order chi connectivity index (χ1) is 13.5. The lowest BCUT2D eigenvalue weighted by Crippen LogP contribution is -2.14. The SMILES string of the molecule is O=C(Nc1c(C(=O)c2ccc(Cl)cc2)oc2ccccc12)c1ccc(Br)cc1. The fourth-order valence-electron chi connectivity index (χ4n) is 2.85. The van der Waals surface area contributed by atoms with Crippen LogP contribution in [-0.4, -0.2) is 11.7 Å². The number of benzene rings is 3. The fourth-order valence-corrected chi connectivity index (χ4v) is 3.24. The molecule has 3 aromatic carbocycles. The fraction of sp³-hybridized carbons (Fsp3) is 0. The number of furan rings is 1. The summed E-state index contributed by atoms with van der Waals surface area (Å²) in [6.07, 6.45) is 0. The number of ketones is 1. The highest BCUT2D eigenvalue weighted by atomic mass is 79.9. The van der Waals surface area contributed by atoms with Gasteiger partial charge >= 0.3 is 0 Å². The number of rotatable bonds is 4. The Hall–Kier alpha value is -2.89. The van der Waals surface area contributed by atoms with E-state index in [-0.39, 0.29) is 17.5 Å². The van der Waals surface area contributed by atoms with Crippen LogP contribution in [-0.2, 0) is 0 Å². The van der Waals surface area contributed by atoms with Gasteiger partial charge in [0.05, 0.1) is 5.69 Å². The van der Waals surface area contributed by atoms with Gasteiger partial charge in [0.1, 0.15) is 5.58 Å². The molecule has 4 rings (SSSR count). The molecule has 28 heavy (non-hydrogen) atoms. The summed E-state index contributed by atoms with van der Waals surface area (Å²) >= 11 is 9.26. The number of halogens is 2. The molecule has 0 unspecified atom stereocenters. The Balaban J connectivity index is 1.77. The third-order valence-corrected chi connectivity index (χ3v) is 5.03. The molecule has 0 radical (unpaired) electrons. The molecule has 0 fully saturated rings. The van der Waals surface area contributed by atoms with Crippen LogP contribution in [0.25, 0.3) is 11.0 Å². The van der Waals surface area contributed by atoms with Crippen molar-refractivity contribution in [1.82, 2.24) is 0 Å². The Kier molecular flexibility index (Phi) is 5.03. The highest BCUT2D eigenvalue weighted by Gasteiger charge is 2.23. The maximum Gasteiger partial charge on any atom is 0.255 e. The van der Waals surface area contributed by atoms with Crippen LogP contribution in [0, 0.1) is 0 Å². The van der Waals surface area contributed by atoms with Gasteiger partial charge in [-0.15, -0.1) is 0 Å². The van der Waals surface area contributed by atoms with Gasteiger partial charge in [-0.3, -0.25) is 9.59 Å². The Morgan fingerprint density at radius 3 is 2.21 bits per heavy atom. The molecule has 4 nitrogen and oxygen atoms in total. The van der Waals surface area contributed by atoms with Crippen molar-refractivity contribution in [3.05, 3.63) is 99.2 Å². The Morgan fingerprint density at radius 1 is 0.857 bits per heavy atom. The first-order valence-corrected chi connectivity index (χ1v) is 9.59. The van der Waals surface area contributed by atoms with Crippen LogP contribution in [0.5, 0.6) is 0 Å². The van der Waals surface area contributed by atoms with Gasteiger partial charge in [-0.2, -0.15) is 0 Å². The van der Waals surface area contributed by atoms with Crippen LogP contribution < -0.4 is 5.32 Å². The average Bonchev–Trinajstić information content (AvgIpc) is 3.07. The van der Waals surface area contributed by atoms with Crippen LogP contribution in [0.4, 0.5) is 5.69 Å². The summed E-state index contributed by atoms with van der Waals surface area (Å²) < 4.78 is 6.67. The van der Waals surface area contributed by atoms with Gasteiger partial charge in [-0.25, -0.2) is 0 Å². The number of hydrogen-bond donors (Lipinski definition) is 1. The molecule has 1 amide bonds. The monoisotopic (exact) mass is 453 g/mol. The van der Waals surface area contributed by atoms with Crippen molar-refractivity contribution in [1.29, 1.82) is 0 Å². The zero-order valence-electron chi connectivity index (χ0n) is 14.4. The normalized spacial score (nSPS) is 10.8. The number of amides is 1. The minimum atomic E-state index is -0.334. The van der Waals surface area contributed by atoms with Gasteiger partial charge in [-0.1, -0.05) is 39.7 Å². The molecule has 1 N–H and O–H groups in total. The van der Waals surface area contributed by atoms with E-state index in [2.05, 4.69) is 21.2 Å². The van der Waals surface area contributed by atoms with Crippen LogP contribution in [0.15, 0.2) is 81.7 Å². The molecule has 0 aliphatic carbocycles. The van der Waals surface area contributed by atoms with Gasteiger partial charge in [0.25, 0.3) is 5.91 Å². The molecule has 1 heterocycles. The van der Waals surface area contributed by atoms with Crippen molar-refractivity contribution in [2.45, 2.75) is 0 Å². The summed E-state index contributed by atoms with van der Waals surface area (Å²) in [7, 11) is 0. The Bertz CT molecular complexity index is 1180. The summed E-state index contributed by atoms with van der Waals surface area (Å²) in [6, 6.07) is 20.7. The predicted molar refractivity (Wildman–Crippen MR) is 113 cm³/mol. The van der Waals surface area contributed by atoms with Crippen LogP contribution in [0.3, 0.4) is 0 Å². The van der Waals surface area contributed by atoms with Gasteiger partial charge in [0, 0.05) is 26.0 Å². The van der Waals surface area contributed by atoms with Crippen LogP contribution in [0.2, 0.25) is 5.02 Å². The maximum atomic E-state index is 13.0. The molecule has 0 bridgehead atoms. The second-order valence-electron chi connectivity index (χ2n) is 6.10. The average molecular weight is 455 g/mol. The quantitative estimate of drug-likeness (QED) is 0.366. The number of para-hydroxylation sites is 1. The predicted octanol–water partition coefficient (Wildman–Crippen LogP) is 6.33. The van der Waals surface area contributed by atoms with E-state index in [9.17, 15) is 9.59 Å². The Morgan fingerprint density at radius 2 is 1.50 bits per heavy atom. The van der Waals surface area contributed by atoms with E-state index in [1.807, 2.05) is 12.1 Å². The summed E-state index contributed by atoms with van der Waals surface area (Å²) in [6.45, 7) is 0. The molecular weight excluding hydrogens is 442 g/mol. The number of carbonyl (C=O) groups is 2. The van der Waals surface area contributed by atoms with Crippen molar-refractivity contribution < 1.29 is 14.0 Å². The van der Waals surface area contributed by atoms with Crippen molar-refractivity contribution in [2.75, 3.05) is 5.32 Å². The molecule has 0 saturated carbocycles. The van der Waals surface area contributed by atoms with E-state index in [1.54, 1.807) is 60.7 Å². The minimum absolute atomic E-state index is 0.0778. The lowest BCUT2D eigenvalue weighted by atomic mass is 10.1. The van der Waals surface area contributed by atoms with Gasteiger partial charge < -0.3 is 9.73 Å². The lowest BCUT2D eigenvalue weighted by molar-refractivity contribution is 0.101. The van der Waals surface area contributed by atoms with Gasteiger partial charge in [0.2, 0.25) is 5.78 Å². The third-order valence-electron chi connectivity index (χ3n) is 4.25. The topological polar surface area (TPSA) is 59.3 Å². The Labute approximate surface area is 174 Å². The minimum Gasteiger partial charge on any atom is -0.450 e. The van der Waals surface area contributed by atoms with E-state index in [4.69, 9.17) is 16.0 Å². The summed E-state index contributed by atoms with van der Waals surface area (Å²) in [4.78, 5) is 25.7. The third kappa shape index (κ3) is 3.59. The molecule has 0 atom stereocenters. The molecule has 0 aliphatic heterocycles. The molecular formula is C22H13BrClNO3. The van der Waals surface area contributed by atoms with E-state index in [1.165, 1.54) is 0 Å². The smallest absolute Gasteiger partial charge is 0.255 e. The summed E-state index contributed by atoms with van der Waals surface area (Å²) in [5.74, 6) is -0.586. The van der Waals surface area contributed by atoms with Crippen molar-refractivity contribution in [3.63, 3.8) is 0 Å². The molecule has 0 saturated heterocycles. The molecule has 1 aromatic heterocycles. The number of anilines is 1. The largest absolute Gasteiger partial charge is 0.450 e. The van der Waals surface area contributed by atoms with Crippen molar-refractivity contribution >= 4 is 55.9 Å². The number of hydrogen-bond acceptors (Lipinski definition) is 3. The van der Waals surface area contributed by atoms with E-state index in [0.29, 0.717) is 32.8 Å². The molecule has 4 aromatic rings. The first kappa shape index (κ1) is 18.5.